The maximum atomic E-state index is 15.4. The lowest BCUT2D eigenvalue weighted by atomic mass is 9.92. The average Bonchev–Trinajstić information content (AvgIpc) is 3.30. The standard InChI is InChI=1S/C19H18FN7O/c1-9-15(12-6-27-7-13(23-8-28)25-14(27)5-22-12)11-4-24-26-19(11)16(17(9)20)18(21)10-2-3-10/h4-8,10,18H,2-3,21H2,1H3,(H,23,28)(H,24,26). The van der Waals surface area contributed by atoms with Gasteiger partial charge in [-0.25, -0.2) is 9.37 Å². The van der Waals surface area contributed by atoms with Crippen molar-refractivity contribution in [2.75, 3.05) is 5.32 Å². The van der Waals surface area contributed by atoms with Crippen LogP contribution in [0.5, 0.6) is 0 Å². The van der Waals surface area contributed by atoms with Gasteiger partial charge in [-0.15, -0.1) is 0 Å². The fourth-order valence-corrected chi connectivity index (χ4v) is 3.80. The van der Waals surface area contributed by atoms with Gasteiger partial charge in [0, 0.05) is 28.8 Å². The molecule has 1 fully saturated rings. The van der Waals surface area contributed by atoms with E-state index in [1.54, 1.807) is 36.1 Å². The molecule has 3 aromatic heterocycles. The second-order valence-electron chi connectivity index (χ2n) is 7.18. The van der Waals surface area contributed by atoms with Gasteiger partial charge < -0.3 is 15.5 Å². The molecule has 1 atom stereocenters. The van der Waals surface area contributed by atoms with Gasteiger partial charge in [0.1, 0.15) is 5.82 Å². The van der Waals surface area contributed by atoms with Gasteiger partial charge in [0.15, 0.2) is 11.5 Å². The maximum Gasteiger partial charge on any atom is 0.212 e. The van der Waals surface area contributed by atoms with E-state index in [-0.39, 0.29) is 11.9 Å². The Bertz CT molecular complexity index is 1220. The third-order valence-electron chi connectivity index (χ3n) is 5.39. The number of nitrogens with two attached hydrogens (primary N) is 1. The number of nitrogens with zero attached hydrogens (tertiary/aromatic N) is 4. The summed E-state index contributed by atoms with van der Waals surface area (Å²) >= 11 is 0. The minimum absolute atomic E-state index is 0.315. The van der Waals surface area contributed by atoms with Gasteiger partial charge in [-0.05, 0) is 31.2 Å². The van der Waals surface area contributed by atoms with Crippen LogP contribution in [0.4, 0.5) is 10.2 Å². The zero-order chi connectivity index (χ0) is 19.4. The third kappa shape index (κ3) is 2.47. The second-order valence-corrected chi connectivity index (χ2v) is 7.18. The lowest BCUT2D eigenvalue weighted by Crippen LogP contribution is -2.16. The quantitative estimate of drug-likeness (QED) is 0.461. The van der Waals surface area contributed by atoms with Gasteiger partial charge in [0.05, 0.1) is 29.8 Å². The molecule has 8 nitrogen and oxygen atoms in total. The molecular weight excluding hydrogens is 361 g/mol. The summed E-state index contributed by atoms with van der Waals surface area (Å²) in [5.41, 5.74) is 9.75. The number of carbonyl (C=O) groups excluding carboxylic acids is 1. The number of nitrogens with one attached hydrogen (secondary N) is 2. The highest BCUT2D eigenvalue weighted by atomic mass is 19.1. The van der Waals surface area contributed by atoms with E-state index in [1.165, 1.54) is 0 Å². The number of rotatable bonds is 5. The van der Waals surface area contributed by atoms with Crippen LogP contribution in [-0.2, 0) is 4.79 Å². The SMILES string of the molecule is Cc1c(F)c(C(N)C2CC2)c2[nH]ncc2c1-c1cn2cc(NC=O)nc2cn1. The maximum absolute atomic E-state index is 15.4. The fourth-order valence-electron chi connectivity index (χ4n) is 3.80. The summed E-state index contributed by atoms with van der Waals surface area (Å²) < 4.78 is 17.1. The Kier molecular flexibility index (Phi) is 3.66. The summed E-state index contributed by atoms with van der Waals surface area (Å²) in [6.45, 7) is 1.74. The zero-order valence-corrected chi connectivity index (χ0v) is 15.1. The largest absolute Gasteiger partial charge is 0.324 e. The van der Waals surface area contributed by atoms with Crippen LogP contribution in [0.1, 0.15) is 30.0 Å². The van der Waals surface area contributed by atoms with Crippen molar-refractivity contribution in [3.8, 4) is 11.3 Å². The van der Waals surface area contributed by atoms with Gasteiger partial charge in [0.2, 0.25) is 6.41 Å². The number of hydrogen-bond acceptors (Lipinski definition) is 5. The van der Waals surface area contributed by atoms with Crippen LogP contribution in [0, 0.1) is 18.7 Å². The predicted octanol–water partition coefficient (Wildman–Crippen LogP) is 2.70. The highest BCUT2D eigenvalue weighted by Gasteiger charge is 2.34. The van der Waals surface area contributed by atoms with E-state index >= 15 is 4.39 Å². The van der Waals surface area contributed by atoms with Crippen LogP contribution < -0.4 is 11.1 Å². The lowest BCUT2D eigenvalue weighted by molar-refractivity contribution is -0.105. The molecule has 1 unspecified atom stereocenters. The van der Waals surface area contributed by atoms with E-state index in [0.29, 0.717) is 51.7 Å². The first-order chi connectivity index (χ1) is 13.6. The molecule has 0 spiro atoms. The summed E-state index contributed by atoms with van der Waals surface area (Å²) in [6, 6.07) is -0.350. The van der Waals surface area contributed by atoms with Crippen LogP contribution in [0.25, 0.3) is 27.8 Å². The minimum Gasteiger partial charge on any atom is -0.324 e. The van der Waals surface area contributed by atoms with Crippen molar-refractivity contribution in [1.29, 1.82) is 0 Å². The Morgan fingerprint density at radius 2 is 2.21 bits per heavy atom. The zero-order valence-electron chi connectivity index (χ0n) is 15.1. The van der Waals surface area contributed by atoms with Crippen molar-refractivity contribution in [2.24, 2.45) is 11.7 Å². The van der Waals surface area contributed by atoms with Gasteiger partial charge >= 0.3 is 0 Å². The average molecular weight is 379 g/mol. The summed E-state index contributed by atoms with van der Waals surface area (Å²) in [4.78, 5) is 19.3. The van der Waals surface area contributed by atoms with Gasteiger partial charge in [-0.2, -0.15) is 5.10 Å². The first kappa shape index (κ1) is 16.8. The molecule has 1 saturated carbocycles. The molecule has 4 aromatic rings. The molecule has 5 rings (SSSR count). The highest BCUT2D eigenvalue weighted by Crippen LogP contribution is 2.44. The second kappa shape index (κ2) is 6.10. The summed E-state index contributed by atoms with van der Waals surface area (Å²) in [5.74, 6) is 0.411. The normalized spacial score (nSPS) is 15.2. The molecule has 142 valence electrons. The first-order valence-electron chi connectivity index (χ1n) is 9.04. The predicted molar refractivity (Wildman–Crippen MR) is 102 cm³/mol. The van der Waals surface area contributed by atoms with E-state index in [9.17, 15) is 4.79 Å². The number of fused-ring (bicyclic) bond motifs is 2. The van der Waals surface area contributed by atoms with Gasteiger partial charge in [-0.1, -0.05) is 0 Å². The van der Waals surface area contributed by atoms with E-state index in [1.807, 2.05) is 0 Å². The Balaban J connectivity index is 1.72. The summed E-state index contributed by atoms with van der Waals surface area (Å²) in [7, 11) is 0. The minimum atomic E-state index is -0.350. The molecule has 0 bridgehead atoms. The van der Waals surface area contributed by atoms with Crippen molar-refractivity contribution in [1.82, 2.24) is 24.6 Å². The molecule has 0 aliphatic heterocycles. The Morgan fingerprint density at radius 3 is 2.96 bits per heavy atom. The van der Waals surface area contributed by atoms with Crippen LogP contribution in [0.3, 0.4) is 0 Å². The van der Waals surface area contributed by atoms with Gasteiger partial charge in [0.25, 0.3) is 0 Å². The topological polar surface area (TPSA) is 114 Å². The molecule has 4 N–H and O–H groups in total. The van der Waals surface area contributed by atoms with E-state index in [0.717, 1.165) is 18.2 Å². The molecule has 1 aliphatic carbocycles. The smallest absolute Gasteiger partial charge is 0.212 e. The van der Waals surface area contributed by atoms with E-state index in [2.05, 4.69) is 25.5 Å². The van der Waals surface area contributed by atoms with E-state index in [4.69, 9.17) is 5.73 Å². The molecule has 0 saturated heterocycles. The summed E-state index contributed by atoms with van der Waals surface area (Å²) in [5, 5.41) is 10.4. The van der Waals surface area contributed by atoms with E-state index < -0.39 is 0 Å². The molecular formula is C19H18FN7O. The Labute approximate surface area is 159 Å². The van der Waals surface area contributed by atoms with Crippen molar-refractivity contribution < 1.29 is 9.18 Å². The summed E-state index contributed by atoms with van der Waals surface area (Å²) in [6.07, 6.45) is 9.29. The monoisotopic (exact) mass is 379 g/mol. The number of halogens is 1. The number of aromatic nitrogens is 5. The molecule has 1 aliphatic rings. The third-order valence-corrected chi connectivity index (χ3v) is 5.39. The first-order valence-corrected chi connectivity index (χ1v) is 9.04. The fraction of sp³-hybridized carbons (Fsp3) is 0.263. The molecule has 1 amide bonds. The van der Waals surface area contributed by atoms with Crippen LogP contribution in [0.2, 0.25) is 0 Å². The van der Waals surface area contributed by atoms with Crippen LogP contribution >= 0.6 is 0 Å². The van der Waals surface area contributed by atoms with Crippen LogP contribution in [-0.4, -0.2) is 31.0 Å². The Morgan fingerprint density at radius 1 is 1.39 bits per heavy atom. The highest BCUT2D eigenvalue weighted by molar-refractivity contribution is 5.97. The van der Waals surface area contributed by atoms with Crippen LogP contribution in [0.15, 0.2) is 24.8 Å². The Hall–Kier alpha value is -3.33. The molecule has 9 heteroatoms. The number of anilines is 1. The number of H-pyrrole nitrogens is 1. The molecule has 28 heavy (non-hydrogen) atoms. The van der Waals surface area contributed by atoms with Crippen molar-refractivity contribution in [3.05, 3.63) is 41.7 Å². The lowest BCUT2D eigenvalue weighted by Gasteiger charge is -2.17. The molecule has 0 radical (unpaired) electrons. The number of carbonyl (C=O) groups is 1. The number of imidazole rings is 1. The van der Waals surface area contributed by atoms with Crippen molar-refractivity contribution in [3.63, 3.8) is 0 Å². The van der Waals surface area contributed by atoms with Gasteiger partial charge in [-0.3, -0.25) is 14.9 Å². The number of benzene rings is 1. The number of hydrogen-bond donors (Lipinski definition) is 3. The number of amides is 1. The molecule has 1 aromatic carbocycles. The molecule has 3 heterocycles. The van der Waals surface area contributed by atoms with Crippen molar-refractivity contribution in [2.45, 2.75) is 25.8 Å². The number of aromatic amines is 1. The van der Waals surface area contributed by atoms with Crippen molar-refractivity contribution >= 4 is 28.8 Å².